The Hall–Kier alpha value is -1.35. The third kappa shape index (κ3) is 5.34. The second-order valence-corrected chi connectivity index (χ2v) is 10.6. The minimum absolute atomic E-state index is 0.0640. The molecule has 8 heteroatoms. The molecule has 2 aromatic rings. The van der Waals surface area contributed by atoms with Crippen molar-refractivity contribution in [1.82, 2.24) is 14.6 Å². The molecule has 0 radical (unpaired) electrons. The molecule has 2 heterocycles. The van der Waals surface area contributed by atoms with E-state index in [-0.39, 0.29) is 16.4 Å². The summed E-state index contributed by atoms with van der Waals surface area (Å²) in [5.74, 6) is -0.445. The SMILES string of the molecule is CC(C)(C)c1nc(CN2CCC(NS(=O)(=O)c3ccc(F)cc3)CC2)cs1. The Morgan fingerprint density at radius 1 is 1.22 bits per heavy atom. The molecule has 27 heavy (non-hydrogen) atoms. The van der Waals surface area contributed by atoms with Crippen LogP contribution in [-0.2, 0) is 22.0 Å². The standard InChI is InChI=1S/C19H26FN3O2S2/c1-19(2,3)18-21-16(13-26-18)12-23-10-8-15(9-11-23)22-27(24,25)17-6-4-14(20)5-7-17/h4-7,13,15,22H,8-12H2,1-3H3. The second-order valence-electron chi connectivity index (χ2n) is 8.02. The Bertz CT molecular complexity index is 865. The van der Waals surface area contributed by atoms with E-state index >= 15 is 0 Å². The average Bonchev–Trinajstić information content (AvgIpc) is 3.06. The monoisotopic (exact) mass is 411 g/mol. The summed E-state index contributed by atoms with van der Waals surface area (Å²) in [5, 5.41) is 3.25. The smallest absolute Gasteiger partial charge is 0.240 e. The van der Waals surface area contributed by atoms with Crippen molar-refractivity contribution >= 4 is 21.4 Å². The molecule has 0 saturated carbocycles. The maximum atomic E-state index is 13.0. The van der Waals surface area contributed by atoms with Crippen LogP contribution in [0.25, 0.3) is 0 Å². The third-order valence-electron chi connectivity index (χ3n) is 4.61. The highest BCUT2D eigenvalue weighted by atomic mass is 32.2. The molecule has 5 nitrogen and oxygen atoms in total. The van der Waals surface area contributed by atoms with E-state index in [0.29, 0.717) is 0 Å². The van der Waals surface area contributed by atoms with Gasteiger partial charge in [-0.1, -0.05) is 20.8 Å². The minimum Gasteiger partial charge on any atom is -0.297 e. The van der Waals surface area contributed by atoms with E-state index < -0.39 is 15.8 Å². The van der Waals surface area contributed by atoms with Crippen LogP contribution in [0.1, 0.15) is 44.3 Å². The Morgan fingerprint density at radius 2 is 1.85 bits per heavy atom. The van der Waals surface area contributed by atoms with Gasteiger partial charge < -0.3 is 0 Å². The normalized spacial score (nSPS) is 17.3. The summed E-state index contributed by atoms with van der Waals surface area (Å²) in [6.45, 7) is 8.92. The summed E-state index contributed by atoms with van der Waals surface area (Å²) in [6, 6.07) is 4.81. The Morgan fingerprint density at radius 3 is 2.41 bits per heavy atom. The van der Waals surface area contributed by atoms with Crippen molar-refractivity contribution in [3.05, 3.63) is 46.2 Å². The van der Waals surface area contributed by atoms with Gasteiger partial charge in [-0.2, -0.15) is 0 Å². The summed E-state index contributed by atoms with van der Waals surface area (Å²) in [7, 11) is -3.61. The first-order chi connectivity index (χ1) is 12.6. The largest absolute Gasteiger partial charge is 0.297 e. The van der Waals surface area contributed by atoms with Crippen molar-refractivity contribution in [3.63, 3.8) is 0 Å². The van der Waals surface area contributed by atoms with Crippen molar-refractivity contribution in [3.8, 4) is 0 Å². The van der Waals surface area contributed by atoms with Gasteiger partial charge in [-0.15, -0.1) is 11.3 Å². The first-order valence-corrected chi connectivity index (χ1v) is 11.4. The van der Waals surface area contributed by atoms with Gasteiger partial charge >= 0.3 is 0 Å². The van der Waals surface area contributed by atoms with Gasteiger partial charge in [0, 0.05) is 36.5 Å². The van der Waals surface area contributed by atoms with Crippen LogP contribution in [0.2, 0.25) is 0 Å². The molecule has 148 valence electrons. The zero-order valence-corrected chi connectivity index (χ0v) is 17.5. The van der Waals surface area contributed by atoms with E-state index in [1.807, 2.05) is 0 Å². The molecular weight excluding hydrogens is 385 g/mol. The third-order valence-corrected chi connectivity index (χ3v) is 7.47. The van der Waals surface area contributed by atoms with Gasteiger partial charge in [-0.3, -0.25) is 4.90 Å². The van der Waals surface area contributed by atoms with Crippen LogP contribution in [0, 0.1) is 5.82 Å². The van der Waals surface area contributed by atoms with Gasteiger partial charge in [0.25, 0.3) is 0 Å². The molecule has 0 atom stereocenters. The van der Waals surface area contributed by atoms with E-state index in [9.17, 15) is 12.8 Å². The van der Waals surface area contributed by atoms with Crippen molar-refractivity contribution in [1.29, 1.82) is 0 Å². The predicted octanol–water partition coefficient (Wildman–Crippen LogP) is 3.52. The number of rotatable bonds is 5. The van der Waals surface area contributed by atoms with E-state index in [4.69, 9.17) is 4.98 Å². The van der Waals surface area contributed by atoms with Crippen LogP contribution in [0.15, 0.2) is 34.5 Å². The Labute approximate surface area is 164 Å². The summed E-state index contributed by atoms with van der Waals surface area (Å²) in [4.78, 5) is 7.15. The Kier molecular flexibility index (Phi) is 6.00. The predicted molar refractivity (Wildman–Crippen MR) is 106 cm³/mol. The molecule has 0 amide bonds. The highest BCUT2D eigenvalue weighted by Gasteiger charge is 2.25. The van der Waals surface area contributed by atoms with Gasteiger partial charge in [0.2, 0.25) is 10.0 Å². The molecule has 0 aliphatic carbocycles. The summed E-state index contributed by atoms with van der Waals surface area (Å²) in [6.07, 6.45) is 1.49. The number of benzene rings is 1. The summed E-state index contributed by atoms with van der Waals surface area (Å²) < 4.78 is 40.6. The maximum Gasteiger partial charge on any atom is 0.240 e. The number of piperidine rings is 1. The fourth-order valence-electron chi connectivity index (χ4n) is 3.06. The molecule has 0 bridgehead atoms. The zero-order chi connectivity index (χ0) is 19.7. The highest BCUT2D eigenvalue weighted by Crippen LogP contribution is 2.26. The lowest BCUT2D eigenvalue weighted by molar-refractivity contribution is 0.198. The molecule has 1 saturated heterocycles. The molecule has 3 rings (SSSR count). The lowest BCUT2D eigenvalue weighted by Crippen LogP contribution is -2.44. The van der Waals surface area contributed by atoms with E-state index in [1.165, 1.54) is 12.1 Å². The number of thiazole rings is 1. The summed E-state index contributed by atoms with van der Waals surface area (Å²) >= 11 is 1.70. The highest BCUT2D eigenvalue weighted by molar-refractivity contribution is 7.89. The van der Waals surface area contributed by atoms with Crippen molar-refractivity contribution in [2.24, 2.45) is 0 Å². The van der Waals surface area contributed by atoms with Crippen LogP contribution in [-0.4, -0.2) is 37.4 Å². The molecule has 0 unspecified atom stereocenters. The van der Waals surface area contributed by atoms with E-state index in [0.717, 1.165) is 55.3 Å². The molecule has 1 aliphatic heterocycles. The van der Waals surface area contributed by atoms with Crippen LogP contribution < -0.4 is 4.72 Å². The molecule has 1 fully saturated rings. The number of nitrogens with one attached hydrogen (secondary N) is 1. The number of hydrogen-bond acceptors (Lipinski definition) is 5. The van der Waals surface area contributed by atoms with Crippen LogP contribution in [0.4, 0.5) is 4.39 Å². The molecule has 1 N–H and O–H groups in total. The molecular formula is C19H26FN3O2S2. The van der Waals surface area contributed by atoms with Crippen LogP contribution >= 0.6 is 11.3 Å². The first-order valence-electron chi connectivity index (χ1n) is 9.09. The number of halogens is 1. The zero-order valence-electron chi connectivity index (χ0n) is 15.9. The average molecular weight is 412 g/mol. The number of aromatic nitrogens is 1. The van der Waals surface area contributed by atoms with Crippen molar-refractivity contribution in [2.75, 3.05) is 13.1 Å². The quantitative estimate of drug-likeness (QED) is 0.818. The fourth-order valence-corrected chi connectivity index (χ4v) is 5.27. The first kappa shape index (κ1) is 20.4. The van der Waals surface area contributed by atoms with Crippen LogP contribution in [0.5, 0.6) is 0 Å². The van der Waals surface area contributed by atoms with Gasteiger partial charge in [0.1, 0.15) is 5.82 Å². The van der Waals surface area contributed by atoms with E-state index in [1.54, 1.807) is 11.3 Å². The lowest BCUT2D eigenvalue weighted by atomic mass is 9.98. The molecule has 0 spiro atoms. The number of nitrogens with zero attached hydrogens (tertiary/aromatic N) is 2. The number of hydrogen-bond donors (Lipinski definition) is 1. The summed E-state index contributed by atoms with van der Waals surface area (Å²) in [5.41, 5.74) is 1.14. The van der Waals surface area contributed by atoms with Crippen LogP contribution in [0.3, 0.4) is 0 Å². The van der Waals surface area contributed by atoms with Gasteiger partial charge in [-0.05, 0) is 37.1 Å². The van der Waals surface area contributed by atoms with Gasteiger partial charge in [-0.25, -0.2) is 22.5 Å². The second kappa shape index (κ2) is 7.95. The van der Waals surface area contributed by atoms with E-state index in [2.05, 4.69) is 35.8 Å². The Balaban J connectivity index is 1.53. The van der Waals surface area contributed by atoms with Crippen molar-refractivity contribution < 1.29 is 12.8 Å². The maximum absolute atomic E-state index is 13.0. The minimum atomic E-state index is -3.61. The molecule has 1 aromatic heterocycles. The molecule has 1 aromatic carbocycles. The molecule has 1 aliphatic rings. The van der Waals surface area contributed by atoms with Gasteiger partial charge in [0.05, 0.1) is 15.6 Å². The fraction of sp³-hybridized carbons (Fsp3) is 0.526. The number of sulfonamides is 1. The topological polar surface area (TPSA) is 62.3 Å². The van der Waals surface area contributed by atoms with Crippen molar-refractivity contribution in [2.45, 2.75) is 56.5 Å². The lowest BCUT2D eigenvalue weighted by Gasteiger charge is -2.31. The number of likely N-dealkylation sites (tertiary alicyclic amines) is 1. The van der Waals surface area contributed by atoms with Gasteiger partial charge in [0.15, 0.2) is 0 Å².